The van der Waals surface area contributed by atoms with Crippen molar-refractivity contribution in [2.24, 2.45) is 0 Å². The predicted octanol–water partition coefficient (Wildman–Crippen LogP) is 8.71. The van der Waals surface area contributed by atoms with E-state index in [-0.39, 0.29) is 30.0 Å². The fourth-order valence-corrected chi connectivity index (χ4v) is 3.97. The molecule has 0 fully saturated rings. The molecule has 240 valence electrons. The third-order valence-corrected chi connectivity index (χ3v) is 6.61. The molecule has 0 aliphatic rings. The number of likely N-dealkylation sites (N-methyl/N-ethyl adjacent to an activating group) is 1. The van der Waals surface area contributed by atoms with Crippen molar-refractivity contribution in [3.05, 3.63) is 80.6 Å². The van der Waals surface area contributed by atoms with Gasteiger partial charge in [-0.05, 0) is 36.4 Å². The summed E-state index contributed by atoms with van der Waals surface area (Å²) in [7, 11) is 0. The highest BCUT2D eigenvalue weighted by molar-refractivity contribution is 6.48. The number of halogens is 13. The third kappa shape index (κ3) is 13.3. The van der Waals surface area contributed by atoms with E-state index in [4.69, 9.17) is 34.8 Å². The summed E-state index contributed by atoms with van der Waals surface area (Å²) in [6, 6.07) is 0.0759. The lowest BCUT2D eigenvalue weighted by Crippen LogP contribution is -2.47. The first-order valence-corrected chi connectivity index (χ1v) is 13.0. The highest BCUT2D eigenvalue weighted by Gasteiger charge is 2.40. The summed E-state index contributed by atoms with van der Waals surface area (Å²) < 4.78 is 134. The molecule has 0 saturated carbocycles. The Morgan fingerprint density at radius 1 is 1.05 bits per heavy atom. The molecule has 1 aromatic rings. The van der Waals surface area contributed by atoms with E-state index in [9.17, 15) is 49.1 Å². The van der Waals surface area contributed by atoms with E-state index < -0.39 is 88.5 Å². The van der Waals surface area contributed by atoms with Crippen LogP contribution in [0.25, 0.3) is 0 Å². The fourth-order valence-electron chi connectivity index (χ4n) is 3.36. The Balaban J connectivity index is 3.32. The van der Waals surface area contributed by atoms with Crippen molar-refractivity contribution in [3.63, 3.8) is 0 Å². The molecule has 0 aliphatic carbocycles. The van der Waals surface area contributed by atoms with Gasteiger partial charge < -0.3 is 10.1 Å². The molecule has 17 heteroatoms. The van der Waals surface area contributed by atoms with Gasteiger partial charge in [-0.1, -0.05) is 60.5 Å². The molecule has 1 amide bonds. The maximum Gasteiger partial charge on any atom is 0.415 e. The van der Waals surface area contributed by atoms with Gasteiger partial charge in [-0.15, -0.1) is 0 Å². The summed E-state index contributed by atoms with van der Waals surface area (Å²) in [4.78, 5) is 24.3. The van der Waals surface area contributed by atoms with Crippen LogP contribution in [0.1, 0.15) is 24.8 Å². The number of rotatable bonds is 13. The Kier molecular flexibility index (Phi) is 14.3. The lowest BCUT2D eigenvalue weighted by Gasteiger charge is -2.25. The molecule has 0 bridgehead atoms. The number of hydrogen-bond donors (Lipinski definition) is 1. The average Bonchev–Trinajstić information content (AvgIpc) is 2.86. The van der Waals surface area contributed by atoms with Crippen molar-refractivity contribution in [1.82, 2.24) is 10.2 Å². The lowest BCUT2D eigenvalue weighted by molar-refractivity contribution is -0.147. The van der Waals surface area contributed by atoms with Gasteiger partial charge in [0.05, 0.1) is 27.7 Å². The summed E-state index contributed by atoms with van der Waals surface area (Å²) in [5.41, 5.74) is -3.40. The van der Waals surface area contributed by atoms with E-state index in [2.05, 4.69) is 11.9 Å². The Morgan fingerprint density at radius 2 is 1.60 bits per heavy atom. The van der Waals surface area contributed by atoms with E-state index >= 15 is 4.39 Å². The van der Waals surface area contributed by atoms with Gasteiger partial charge in [0.1, 0.15) is 18.0 Å². The standard InChI is InChI=1S/C26H23Cl3F10N2O2/c1-3-41(13-24(31,32)33)11-17(12-42)40-22(43)6-4-5-15(7-14(2)25(34,35)36)21(30)10-18(26(37,38)39)16-8-19(27)23(29)20(28)9-16/h4-5,7-10,12,17-18H,2-3,6,11,13H2,1H3,(H,40,43)/b5-4-,15-7+,21-10-. The van der Waals surface area contributed by atoms with E-state index in [0.717, 1.165) is 23.1 Å². The van der Waals surface area contributed by atoms with Crippen LogP contribution in [0.4, 0.5) is 43.9 Å². The van der Waals surface area contributed by atoms with Crippen LogP contribution in [0.15, 0.2) is 60.0 Å². The lowest BCUT2D eigenvalue weighted by atomic mass is 9.96. The highest BCUT2D eigenvalue weighted by Crippen LogP contribution is 2.42. The first-order valence-electron chi connectivity index (χ1n) is 11.9. The molecule has 0 radical (unpaired) electrons. The fraction of sp³-hybridized carbons (Fsp3) is 0.385. The summed E-state index contributed by atoms with van der Waals surface area (Å²) in [5.74, 6) is -5.57. The molecule has 43 heavy (non-hydrogen) atoms. The van der Waals surface area contributed by atoms with Gasteiger partial charge in [-0.3, -0.25) is 9.69 Å². The highest BCUT2D eigenvalue weighted by atomic mass is 35.5. The molecule has 4 nitrogen and oxygen atoms in total. The van der Waals surface area contributed by atoms with Gasteiger partial charge in [0.2, 0.25) is 5.91 Å². The largest absolute Gasteiger partial charge is 0.415 e. The summed E-state index contributed by atoms with van der Waals surface area (Å²) in [6.07, 6.45) is -14.1. The number of carbonyl (C=O) groups excluding carboxylic acids is 2. The number of nitrogens with zero attached hydrogens (tertiary/aromatic N) is 1. The zero-order valence-electron chi connectivity index (χ0n) is 21.9. The second-order valence-corrected chi connectivity index (χ2v) is 10.0. The first kappa shape index (κ1) is 38.5. The molecular weight excluding hydrogens is 669 g/mol. The van der Waals surface area contributed by atoms with E-state index in [0.29, 0.717) is 6.08 Å². The zero-order chi connectivity index (χ0) is 33.3. The minimum atomic E-state index is -5.18. The zero-order valence-corrected chi connectivity index (χ0v) is 24.2. The van der Waals surface area contributed by atoms with Gasteiger partial charge in [0, 0.05) is 24.1 Å². The number of nitrogens with one attached hydrogen (secondary N) is 1. The van der Waals surface area contributed by atoms with Gasteiger partial charge >= 0.3 is 18.5 Å². The number of carbonyl (C=O) groups is 2. The Morgan fingerprint density at radius 3 is 2.05 bits per heavy atom. The molecule has 2 atom stereocenters. The summed E-state index contributed by atoms with van der Waals surface area (Å²) in [5, 5.41) is 0.988. The number of allylic oxidation sites excluding steroid dienone is 6. The molecule has 2 unspecified atom stereocenters. The van der Waals surface area contributed by atoms with Gasteiger partial charge in [0.15, 0.2) is 0 Å². The van der Waals surface area contributed by atoms with Crippen LogP contribution in [-0.4, -0.2) is 61.3 Å². The van der Waals surface area contributed by atoms with Crippen LogP contribution in [0.5, 0.6) is 0 Å². The quantitative estimate of drug-likeness (QED) is 0.0975. The molecular formula is C26H23Cl3F10N2O2. The SMILES string of the molecule is C=C(/C=C(\C=C/CC(=O)NC(C=O)CN(CC)CC(F)(F)F)C(/F)=C/C(c1cc(Cl)c(Cl)c(Cl)c1)C(F)(F)F)C(F)(F)F. The maximum absolute atomic E-state index is 15.2. The van der Waals surface area contributed by atoms with Crippen molar-refractivity contribution >= 4 is 47.0 Å². The topological polar surface area (TPSA) is 49.4 Å². The Labute approximate surface area is 254 Å². The second kappa shape index (κ2) is 16.0. The van der Waals surface area contributed by atoms with Crippen LogP contribution in [0, 0.1) is 0 Å². The molecule has 1 N–H and O–H groups in total. The van der Waals surface area contributed by atoms with Gasteiger partial charge in [-0.25, -0.2) is 4.39 Å². The van der Waals surface area contributed by atoms with Crippen LogP contribution in [0.2, 0.25) is 15.1 Å². The smallest absolute Gasteiger partial charge is 0.345 e. The first-order chi connectivity index (χ1) is 19.6. The van der Waals surface area contributed by atoms with Crippen molar-refractivity contribution in [1.29, 1.82) is 0 Å². The minimum Gasteiger partial charge on any atom is -0.345 e. The van der Waals surface area contributed by atoms with Crippen molar-refractivity contribution in [3.8, 4) is 0 Å². The van der Waals surface area contributed by atoms with E-state index in [1.165, 1.54) is 6.92 Å². The average molecular weight is 692 g/mol. The Hall–Kier alpha value is -2.55. The van der Waals surface area contributed by atoms with E-state index in [1.54, 1.807) is 0 Å². The molecule has 1 aromatic carbocycles. The maximum atomic E-state index is 15.2. The molecule has 1 rings (SSSR count). The van der Waals surface area contributed by atoms with Crippen LogP contribution < -0.4 is 5.32 Å². The van der Waals surface area contributed by atoms with Gasteiger partial charge in [-0.2, -0.15) is 39.5 Å². The van der Waals surface area contributed by atoms with Crippen LogP contribution in [0.3, 0.4) is 0 Å². The number of hydrogen-bond acceptors (Lipinski definition) is 3. The molecule has 0 aliphatic heterocycles. The summed E-state index contributed by atoms with van der Waals surface area (Å²) in [6.45, 7) is 2.06. The normalized spacial score (nSPS) is 15.1. The van der Waals surface area contributed by atoms with E-state index in [1.807, 2.05) is 0 Å². The molecule has 0 spiro atoms. The van der Waals surface area contributed by atoms with Crippen molar-refractivity contribution < 1.29 is 53.5 Å². The third-order valence-electron chi connectivity index (χ3n) is 5.42. The number of alkyl halides is 9. The number of benzene rings is 1. The van der Waals surface area contributed by atoms with Crippen LogP contribution in [-0.2, 0) is 9.59 Å². The number of aldehydes is 1. The summed E-state index contributed by atoms with van der Waals surface area (Å²) >= 11 is 17.3. The second-order valence-electron chi connectivity index (χ2n) is 8.81. The molecule has 0 heterocycles. The van der Waals surface area contributed by atoms with Crippen molar-refractivity contribution in [2.45, 2.75) is 43.8 Å². The minimum absolute atomic E-state index is 0.0435. The van der Waals surface area contributed by atoms with Crippen molar-refractivity contribution in [2.75, 3.05) is 19.6 Å². The number of amides is 1. The monoisotopic (exact) mass is 690 g/mol. The Bertz CT molecular complexity index is 1230. The van der Waals surface area contributed by atoms with Gasteiger partial charge in [0.25, 0.3) is 0 Å². The predicted molar refractivity (Wildman–Crippen MR) is 143 cm³/mol. The molecule has 0 aromatic heterocycles. The molecule has 0 saturated heterocycles. The van der Waals surface area contributed by atoms with Crippen LogP contribution >= 0.6 is 34.8 Å².